The highest BCUT2D eigenvalue weighted by molar-refractivity contribution is 8.01. The summed E-state index contributed by atoms with van der Waals surface area (Å²) < 4.78 is 14.2. The molecule has 0 aliphatic carbocycles. The molecule has 4 aliphatic rings. The van der Waals surface area contributed by atoms with E-state index in [-0.39, 0.29) is 13.4 Å². The van der Waals surface area contributed by atoms with Crippen LogP contribution in [0.15, 0.2) is 323 Å². The molecule has 13 aromatic rings. The van der Waals surface area contributed by atoms with Crippen molar-refractivity contribution in [1.82, 2.24) is 0 Å². The first kappa shape index (κ1) is 50.4. The summed E-state index contributed by atoms with van der Waals surface area (Å²) in [6.45, 7) is -0.106. The number of fused-ring (bicyclic) bond motifs is 8. The average Bonchev–Trinajstić information content (AvgIpc) is 1.05. The van der Waals surface area contributed by atoms with Crippen molar-refractivity contribution in [2.45, 2.75) is 19.6 Å². The summed E-state index contributed by atoms with van der Waals surface area (Å²) in [5.41, 5.74) is 23.1. The third-order valence-electron chi connectivity index (χ3n) is 17.3. The largest absolute Gasteiger partial charge is 0.458 e. The van der Waals surface area contributed by atoms with E-state index < -0.39 is 0 Å². The minimum Gasteiger partial charge on any atom is -0.458 e. The molecular weight excluding hydrogens is 1080 g/mol. The molecule has 0 unspecified atom stereocenters. The van der Waals surface area contributed by atoms with E-state index in [0.717, 1.165) is 57.1 Å². The van der Waals surface area contributed by atoms with Gasteiger partial charge in [-0.05, 0) is 145 Å². The molecule has 4 nitrogen and oxygen atoms in total. The molecule has 0 radical (unpaired) electrons. The second-order valence-electron chi connectivity index (χ2n) is 22.3. The minimum atomic E-state index is -0.0530. The molecule has 0 aromatic heterocycles. The predicted molar refractivity (Wildman–Crippen MR) is 361 cm³/mol. The van der Waals surface area contributed by atoms with Crippen LogP contribution in [-0.4, -0.2) is 13.4 Å². The molecule has 0 bridgehead atoms. The van der Waals surface area contributed by atoms with Crippen LogP contribution in [0.3, 0.4) is 0 Å². The van der Waals surface area contributed by atoms with Crippen LogP contribution in [0, 0.1) is 0 Å². The van der Waals surface area contributed by atoms with Crippen molar-refractivity contribution in [3.8, 4) is 67.5 Å². The third-order valence-corrected chi connectivity index (χ3v) is 19.6. The van der Waals surface area contributed by atoms with E-state index in [2.05, 4.69) is 313 Å². The van der Waals surface area contributed by atoms with Gasteiger partial charge in [0, 0.05) is 54.5 Å². The predicted octanol–water partition coefficient (Wildman–Crippen LogP) is 17.5. The molecule has 0 spiro atoms. The number of ether oxygens (including phenoxy) is 2. The molecule has 0 amide bonds. The number of nitrogens with zero attached hydrogens (tertiary/aromatic N) is 2. The summed E-state index contributed by atoms with van der Waals surface area (Å²) in [5, 5.41) is 0. The van der Waals surface area contributed by atoms with E-state index in [1.165, 1.54) is 96.9 Å². The summed E-state index contributed by atoms with van der Waals surface area (Å²) in [5.74, 6) is 3.52. The van der Waals surface area contributed by atoms with Crippen molar-refractivity contribution in [3.63, 3.8) is 0 Å². The van der Waals surface area contributed by atoms with Crippen molar-refractivity contribution in [2.24, 2.45) is 0 Å². The highest BCUT2D eigenvalue weighted by Crippen LogP contribution is 2.48. The van der Waals surface area contributed by atoms with E-state index in [1.807, 2.05) is 23.5 Å². The second-order valence-corrected chi connectivity index (χ2v) is 24.5. The smallest absolute Gasteiger partial charge is 0.253 e. The Balaban J connectivity index is 0.801. The fourth-order valence-corrected chi connectivity index (χ4v) is 15.8. The van der Waals surface area contributed by atoms with Gasteiger partial charge in [0.15, 0.2) is 0 Å². The van der Waals surface area contributed by atoms with Crippen LogP contribution in [0.1, 0.15) is 0 Å². The van der Waals surface area contributed by atoms with Crippen LogP contribution < -0.4 is 52.1 Å². The molecule has 0 fully saturated rings. The molecule has 86 heavy (non-hydrogen) atoms. The molecule has 0 saturated heterocycles. The number of hydrogen-bond acceptors (Lipinski definition) is 6. The molecule has 4 aliphatic heterocycles. The molecule has 4 heterocycles. The Kier molecular flexibility index (Phi) is 12.2. The van der Waals surface area contributed by atoms with Crippen molar-refractivity contribution >= 4 is 104 Å². The number of para-hydroxylation sites is 2. The monoisotopic (exact) mass is 1130 g/mol. The van der Waals surface area contributed by atoms with E-state index in [4.69, 9.17) is 9.47 Å². The summed E-state index contributed by atoms with van der Waals surface area (Å²) >= 11 is 3.72. The minimum absolute atomic E-state index is 0.0530. The lowest BCUT2D eigenvalue weighted by molar-refractivity contribution is 0.486. The van der Waals surface area contributed by atoms with Crippen molar-refractivity contribution < 1.29 is 9.47 Å². The van der Waals surface area contributed by atoms with Gasteiger partial charge in [-0.2, -0.15) is 0 Å². The number of hydrogen-bond donors (Lipinski definition) is 0. The third kappa shape index (κ3) is 8.74. The lowest BCUT2D eigenvalue weighted by atomic mass is 9.32. The highest BCUT2D eigenvalue weighted by Gasteiger charge is 2.44. The van der Waals surface area contributed by atoms with Crippen molar-refractivity contribution in [2.75, 3.05) is 9.80 Å². The van der Waals surface area contributed by atoms with E-state index in [1.54, 1.807) is 0 Å². The van der Waals surface area contributed by atoms with E-state index >= 15 is 0 Å². The molecule has 0 N–H and O–H groups in total. The molecule has 17 rings (SSSR count). The van der Waals surface area contributed by atoms with Crippen molar-refractivity contribution in [1.29, 1.82) is 0 Å². The van der Waals surface area contributed by atoms with Crippen molar-refractivity contribution in [3.05, 3.63) is 303 Å². The molecule has 0 atom stereocenters. The van der Waals surface area contributed by atoms with E-state index in [9.17, 15) is 0 Å². The lowest BCUT2D eigenvalue weighted by Gasteiger charge is -2.38. The van der Waals surface area contributed by atoms with Gasteiger partial charge in [-0.3, -0.25) is 0 Å². The first-order chi connectivity index (χ1) is 42.6. The summed E-state index contributed by atoms with van der Waals surface area (Å²) in [6.07, 6.45) is 0. The van der Waals surface area contributed by atoms with Gasteiger partial charge in [-0.1, -0.05) is 247 Å². The molecule has 13 aromatic carbocycles. The van der Waals surface area contributed by atoms with Gasteiger partial charge in [-0.15, -0.1) is 0 Å². The van der Waals surface area contributed by atoms with Crippen LogP contribution in [0.25, 0.3) is 44.5 Å². The molecule has 8 heteroatoms. The van der Waals surface area contributed by atoms with Crippen LogP contribution in [0.5, 0.6) is 23.0 Å². The molecule has 0 saturated carbocycles. The van der Waals surface area contributed by atoms with Crippen LogP contribution in [0.4, 0.5) is 34.1 Å². The van der Waals surface area contributed by atoms with Gasteiger partial charge >= 0.3 is 0 Å². The Bertz CT molecular complexity index is 4280. The fraction of sp³-hybridized carbons (Fsp3) is 0. The first-order valence-electron chi connectivity index (χ1n) is 29.3. The lowest BCUT2D eigenvalue weighted by Crippen LogP contribution is -2.62. The Labute approximate surface area is 510 Å². The standard InChI is InChI=1S/C78H50B2N2O2S2/c1-5-17-51(18-6-1)55-29-37-59(38-30-55)81(60-39-31-56(32-40-60)52-19-7-2-8-20-52)63-45-71-77-75(47-63)85-73-50-74-68(49-67(73)79(77)65-25-13-15-27-69(65)83-71)80-66-26-14-16-28-70(66)84-72-46-64(48-76(86-74)78(72)80)82(61-41-33-57(34-42-61)53-21-9-3-10-22-53)62-43-35-58(36-44-62)54-23-11-4-12-24-54/h1-50H. The second kappa shape index (κ2) is 20.9. The Morgan fingerprint density at radius 1 is 0.221 bits per heavy atom. The molecular formula is C78H50B2N2O2S2. The first-order valence-corrected chi connectivity index (χ1v) is 30.9. The Morgan fingerprint density at radius 3 is 0.837 bits per heavy atom. The van der Waals surface area contributed by atoms with Gasteiger partial charge in [0.2, 0.25) is 0 Å². The maximum absolute atomic E-state index is 7.11. The quantitative estimate of drug-likeness (QED) is 0.127. The van der Waals surface area contributed by atoms with Gasteiger partial charge in [0.1, 0.15) is 23.0 Å². The van der Waals surface area contributed by atoms with E-state index in [0.29, 0.717) is 0 Å². The zero-order valence-corrected chi connectivity index (χ0v) is 48.2. The molecule has 402 valence electrons. The summed E-state index contributed by atoms with van der Waals surface area (Å²) in [7, 11) is 0. The van der Waals surface area contributed by atoms with Gasteiger partial charge in [-0.25, -0.2) is 0 Å². The van der Waals surface area contributed by atoms with Crippen LogP contribution in [-0.2, 0) is 0 Å². The maximum atomic E-state index is 7.11. The average molecular weight is 1130 g/mol. The zero-order valence-electron chi connectivity index (χ0n) is 46.5. The number of benzene rings is 13. The number of anilines is 6. The Hall–Kier alpha value is -10.1. The van der Waals surface area contributed by atoms with Crippen LogP contribution >= 0.6 is 23.5 Å². The van der Waals surface area contributed by atoms with Gasteiger partial charge in [0.25, 0.3) is 13.4 Å². The zero-order chi connectivity index (χ0) is 56.7. The SMILES string of the molecule is c1ccc(-c2ccc(N(c3ccc(-c4ccccc4)cc3)c3cc4c5c(c3)Sc3cc6c(cc3B5c3ccccc3O4)B3c4ccccc4Oc4cc(N(c5ccc(-c7ccccc7)cc5)c5ccc(-c7ccccc7)cc5)cc(c43)S6)cc2)cc1. The number of rotatable bonds is 10. The maximum Gasteiger partial charge on any atom is 0.253 e. The Morgan fingerprint density at radius 2 is 0.512 bits per heavy atom. The van der Waals surface area contributed by atoms with Gasteiger partial charge < -0.3 is 19.3 Å². The summed E-state index contributed by atoms with van der Waals surface area (Å²) in [6, 6.07) is 110. The van der Waals surface area contributed by atoms with Crippen LogP contribution in [0.2, 0.25) is 0 Å². The fourth-order valence-electron chi connectivity index (χ4n) is 13.2. The summed E-state index contributed by atoms with van der Waals surface area (Å²) in [4.78, 5) is 9.63. The van der Waals surface area contributed by atoms with Gasteiger partial charge in [0.05, 0.1) is 11.4 Å². The normalized spacial score (nSPS) is 12.7. The topological polar surface area (TPSA) is 24.9 Å². The highest BCUT2D eigenvalue weighted by atomic mass is 32.2.